The van der Waals surface area contributed by atoms with E-state index in [0.717, 1.165) is 47.2 Å². The molecule has 1 amide bonds. The van der Waals surface area contributed by atoms with Gasteiger partial charge in [0.05, 0.1) is 5.56 Å². The molecule has 24 heavy (non-hydrogen) atoms. The van der Waals surface area contributed by atoms with E-state index >= 15 is 0 Å². The molecule has 2 heterocycles. The topological polar surface area (TPSA) is 56.1 Å². The van der Waals surface area contributed by atoms with Crippen LogP contribution in [-0.4, -0.2) is 34.0 Å². The summed E-state index contributed by atoms with van der Waals surface area (Å²) >= 11 is 8.57. The van der Waals surface area contributed by atoms with Crippen LogP contribution in [0.25, 0.3) is 0 Å². The molecule has 1 aliphatic carbocycles. The number of likely N-dealkylation sites (tertiary alicyclic amines) is 1. The number of thiophene rings is 1. The molecule has 1 aliphatic heterocycles. The first-order valence-electron chi connectivity index (χ1n) is 8.45. The van der Waals surface area contributed by atoms with Gasteiger partial charge in [0.2, 0.25) is 5.91 Å². The van der Waals surface area contributed by atoms with E-state index in [1.807, 2.05) is 0 Å². The summed E-state index contributed by atoms with van der Waals surface area (Å²) in [4.78, 5) is 15.7. The maximum Gasteiger partial charge on any atom is 0.225 e. The third-order valence-electron chi connectivity index (χ3n) is 4.45. The Morgan fingerprint density at radius 2 is 2.04 bits per heavy atom. The van der Waals surface area contributed by atoms with Gasteiger partial charge in [0.1, 0.15) is 15.4 Å². The summed E-state index contributed by atoms with van der Waals surface area (Å²) in [5.74, 6) is 0.663. The van der Waals surface area contributed by atoms with Crippen molar-refractivity contribution >= 4 is 50.5 Å². The van der Waals surface area contributed by atoms with E-state index in [2.05, 4.69) is 16.3 Å². The molecular weight excluding hydrogens is 358 g/mol. The number of nitrogens with one attached hydrogen (secondary N) is 1. The van der Waals surface area contributed by atoms with Crippen LogP contribution in [0.15, 0.2) is 0 Å². The minimum Gasteiger partial charge on any atom is -0.358 e. The minimum absolute atomic E-state index is 0.0261. The third kappa shape index (κ3) is 4.11. The zero-order chi connectivity index (χ0) is 16.9. The van der Waals surface area contributed by atoms with Gasteiger partial charge in [-0.05, 0) is 44.1 Å². The highest BCUT2D eigenvalue weighted by molar-refractivity contribution is 8.22. The Morgan fingerprint density at radius 3 is 2.79 bits per heavy atom. The van der Waals surface area contributed by atoms with Crippen LogP contribution in [0.2, 0.25) is 0 Å². The highest BCUT2D eigenvalue weighted by atomic mass is 32.2. The molecule has 2 aliphatic rings. The van der Waals surface area contributed by atoms with E-state index in [4.69, 9.17) is 12.2 Å². The second-order valence-corrected chi connectivity index (χ2v) is 8.97. The van der Waals surface area contributed by atoms with Gasteiger partial charge in [-0.1, -0.05) is 24.0 Å². The normalized spacial score (nSPS) is 16.5. The van der Waals surface area contributed by atoms with Gasteiger partial charge in [-0.2, -0.15) is 5.26 Å². The van der Waals surface area contributed by atoms with Crippen LogP contribution in [0.3, 0.4) is 0 Å². The Balaban J connectivity index is 1.51. The Hall–Kier alpha value is -1.10. The van der Waals surface area contributed by atoms with E-state index in [-0.39, 0.29) is 5.91 Å². The van der Waals surface area contributed by atoms with Crippen molar-refractivity contribution in [3.8, 4) is 6.07 Å². The molecule has 0 spiro atoms. The second kappa shape index (κ2) is 8.32. The quantitative estimate of drug-likeness (QED) is 0.803. The molecule has 1 saturated heterocycles. The molecule has 0 radical (unpaired) electrons. The van der Waals surface area contributed by atoms with Crippen LogP contribution in [0.1, 0.15) is 48.1 Å². The molecule has 0 aromatic carbocycles. The van der Waals surface area contributed by atoms with Gasteiger partial charge >= 0.3 is 0 Å². The fraction of sp³-hybridized carbons (Fsp3) is 0.588. The molecule has 128 valence electrons. The van der Waals surface area contributed by atoms with E-state index < -0.39 is 0 Å². The summed E-state index contributed by atoms with van der Waals surface area (Å²) in [6, 6.07) is 2.28. The lowest BCUT2D eigenvalue weighted by molar-refractivity contribution is -0.115. The number of carbonyl (C=O) groups is 1. The smallest absolute Gasteiger partial charge is 0.225 e. The number of nitrogens with zero attached hydrogens (tertiary/aromatic N) is 2. The summed E-state index contributed by atoms with van der Waals surface area (Å²) < 4.78 is 0.907. The molecule has 3 rings (SSSR count). The molecule has 1 fully saturated rings. The third-order valence-corrected chi connectivity index (χ3v) is 7.19. The van der Waals surface area contributed by atoms with Gasteiger partial charge in [0.15, 0.2) is 0 Å². The fourth-order valence-corrected chi connectivity index (χ4v) is 5.70. The van der Waals surface area contributed by atoms with Crippen LogP contribution >= 0.6 is 35.3 Å². The SMILES string of the molecule is N#Cc1c(NC(=O)CCSC(=S)N2CCCC2)sc2c1CCCC2. The zero-order valence-corrected chi connectivity index (χ0v) is 16.0. The van der Waals surface area contributed by atoms with E-state index in [1.165, 1.54) is 24.1 Å². The Kier molecular flexibility index (Phi) is 6.14. The number of carbonyl (C=O) groups excluding carboxylic acids is 1. The van der Waals surface area contributed by atoms with Crippen molar-refractivity contribution in [3.63, 3.8) is 0 Å². The Morgan fingerprint density at radius 1 is 1.29 bits per heavy atom. The Bertz CT molecular complexity index is 671. The van der Waals surface area contributed by atoms with E-state index in [0.29, 0.717) is 17.7 Å². The molecule has 0 bridgehead atoms. The molecule has 1 aromatic rings. The van der Waals surface area contributed by atoms with Crippen LogP contribution in [0, 0.1) is 11.3 Å². The first-order valence-corrected chi connectivity index (χ1v) is 10.7. The maximum atomic E-state index is 12.2. The maximum absolute atomic E-state index is 12.2. The number of rotatable bonds is 4. The van der Waals surface area contributed by atoms with Gasteiger partial charge in [-0.15, -0.1) is 11.3 Å². The predicted octanol–water partition coefficient (Wildman–Crippen LogP) is 3.94. The predicted molar refractivity (Wildman–Crippen MR) is 105 cm³/mol. The van der Waals surface area contributed by atoms with Crippen molar-refractivity contribution in [1.82, 2.24) is 4.90 Å². The molecular formula is C17H21N3OS3. The Labute approximate surface area is 156 Å². The van der Waals surface area contributed by atoms with E-state index in [9.17, 15) is 10.1 Å². The molecule has 0 unspecified atom stereocenters. The number of hydrogen-bond donors (Lipinski definition) is 1. The summed E-state index contributed by atoms with van der Waals surface area (Å²) in [6.07, 6.45) is 7.15. The van der Waals surface area contributed by atoms with Crippen LogP contribution < -0.4 is 5.32 Å². The summed E-state index contributed by atoms with van der Waals surface area (Å²) in [7, 11) is 0. The number of aryl methyl sites for hydroxylation is 1. The number of anilines is 1. The summed E-state index contributed by atoms with van der Waals surface area (Å²) in [5.41, 5.74) is 1.84. The van der Waals surface area contributed by atoms with Crippen molar-refractivity contribution in [2.24, 2.45) is 0 Å². The van der Waals surface area contributed by atoms with Crippen molar-refractivity contribution in [2.75, 3.05) is 24.2 Å². The van der Waals surface area contributed by atoms with Crippen LogP contribution in [0.4, 0.5) is 5.00 Å². The average molecular weight is 380 g/mol. The van der Waals surface area contributed by atoms with Gasteiger partial charge in [0.25, 0.3) is 0 Å². The minimum atomic E-state index is -0.0261. The van der Waals surface area contributed by atoms with E-state index in [1.54, 1.807) is 23.1 Å². The zero-order valence-electron chi connectivity index (χ0n) is 13.6. The van der Waals surface area contributed by atoms with Gasteiger partial charge in [-0.25, -0.2) is 0 Å². The molecule has 0 saturated carbocycles. The highest BCUT2D eigenvalue weighted by Gasteiger charge is 2.22. The molecule has 1 aromatic heterocycles. The standard InChI is InChI=1S/C17H21N3OS3/c18-11-13-12-5-1-2-6-14(12)24-16(13)19-15(21)7-10-23-17(22)20-8-3-4-9-20/h1-10H2,(H,19,21). The second-order valence-electron chi connectivity index (χ2n) is 6.13. The summed E-state index contributed by atoms with van der Waals surface area (Å²) in [6.45, 7) is 2.09. The van der Waals surface area contributed by atoms with Crippen LogP contribution in [0.5, 0.6) is 0 Å². The number of nitriles is 1. The number of thiocarbonyl (C=S) groups is 1. The average Bonchev–Trinajstić information content (AvgIpc) is 3.22. The fourth-order valence-electron chi connectivity index (χ4n) is 3.18. The molecule has 4 nitrogen and oxygen atoms in total. The lowest BCUT2D eigenvalue weighted by Gasteiger charge is -2.17. The van der Waals surface area contributed by atoms with Crippen molar-refractivity contribution in [1.29, 1.82) is 5.26 Å². The monoisotopic (exact) mass is 379 g/mol. The molecule has 7 heteroatoms. The van der Waals surface area contributed by atoms with Gasteiger partial charge in [0, 0.05) is 30.1 Å². The summed E-state index contributed by atoms with van der Waals surface area (Å²) in [5, 5.41) is 13.1. The number of amides is 1. The molecule has 1 N–H and O–H groups in total. The van der Waals surface area contributed by atoms with Crippen molar-refractivity contribution < 1.29 is 4.79 Å². The van der Waals surface area contributed by atoms with Crippen molar-refractivity contribution in [3.05, 3.63) is 16.0 Å². The van der Waals surface area contributed by atoms with Crippen molar-refractivity contribution in [2.45, 2.75) is 44.9 Å². The van der Waals surface area contributed by atoms with Gasteiger partial charge < -0.3 is 10.2 Å². The number of hydrogen-bond acceptors (Lipinski definition) is 5. The largest absolute Gasteiger partial charge is 0.358 e. The number of thioether (sulfide) groups is 1. The van der Waals surface area contributed by atoms with Crippen LogP contribution in [-0.2, 0) is 17.6 Å². The first kappa shape index (κ1) is 17.7. The first-order chi connectivity index (χ1) is 11.7. The lowest BCUT2D eigenvalue weighted by Crippen LogP contribution is -2.24. The lowest BCUT2D eigenvalue weighted by atomic mass is 9.96. The van der Waals surface area contributed by atoms with Gasteiger partial charge in [-0.3, -0.25) is 4.79 Å². The molecule has 0 atom stereocenters. The number of fused-ring (bicyclic) bond motifs is 1. The highest BCUT2D eigenvalue weighted by Crippen LogP contribution is 2.37.